The molecule has 19 heavy (non-hydrogen) atoms. The van der Waals surface area contributed by atoms with Gasteiger partial charge in [0.25, 0.3) is 0 Å². The van der Waals surface area contributed by atoms with Crippen LogP contribution in [-0.4, -0.2) is 24.5 Å². The van der Waals surface area contributed by atoms with Crippen LogP contribution in [0.25, 0.3) is 0 Å². The zero-order valence-corrected chi connectivity index (χ0v) is 12.2. The Bertz CT molecular complexity index is 470. The van der Waals surface area contributed by atoms with Gasteiger partial charge in [-0.05, 0) is 62.6 Å². The van der Waals surface area contributed by atoms with Crippen LogP contribution in [0.1, 0.15) is 43.7 Å². The molecule has 0 N–H and O–H groups in total. The molecule has 0 saturated carbocycles. The van der Waals surface area contributed by atoms with E-state index in [0.29, 0.717) is 0 Å². The predicted octanol–water partition coefficient (Wildman–Crippen LogP) is 4.00. The van der Waals surface area contributed by atoms with E-state index in [1.165, 1.54) is 37.9 Å². The van der Waals surface area contributed by atoms with Crippen LogP contribution in [0, 0.1) is 5.92 Å². The lowest BCUT2D eigenvalue weighted by Gasteiger charge is -2.29. The number of fused-ring (bicyclic) bond motifs is 4. The van der Waals surface area contributed by atoms with Crippen LogP contribution in [0.3, 0.4) is 0 Å². The summed E-state index contributed by atoms with van der Waals surface area (Å²) >= 11 is 0. The Morgan fingerprint density at radius 2 is 2.16 bits per heavy atom. The van der Waals surface area contributed by atoms with Crippen molar-refractivity contribution in [2.45, 2.75) is 39.0 Å². The molecule has 2 bridgehead atoms. The number of rotatable bonds is 2. The topological polar surface area (TPSA) is 3.24 Å². The van der Waals surface area contributed by atoms with Crippen LogP contribution in [0.5, 0.6) is 0 Å². The fourth-order valence-corrected chi connectivity index (χ4v) is 3.73. The van der Waals surface area contributed by atoms with Gasteiger partial charge in [-0.25, -0.2) is 0 Å². The highest BCUT2D eigenvalue weighted by Crippen LogP contribution is 2.39. The molecule has 1 aliphatic carbocycles. The Morgan fingerprint density at radius 1 is 1.32 bits per heavy atom. The number of hydrogen-bond acceptors (Lipinski definition) is 1. The van der Waals surface area contributed by atoms with Gasteiger partial charge in [-0.3, -0.25) is 4.90 Å². The maximum absolute atomic E-state index is 2.66. The highest BCUT2D eigenvalue weighted by Gasteiger charge is 2.30. The highest BCUT2D eigenvalue weighted by atomic mass is 15.1. The Morgan fingerprint density at radius 3 is 3.00 bits per heavy atom. The maximum Gasteiger partial charge on any atom is 0.0165 e. The molecule has 0 spiro atoms. The van der Waals surface area contributed by atoms with Gasteiger partial charge < -0.3 is 0 Å². The first kappa shape index (κ1) is 12.9. The molecule has 1 heteroatoms. The van der Waals surface area contributed by atoms with Crippen LogP contribution in [-0.2, 0) is 6.42 Å². The number of likely N-dealkylation sites (tertiary alicyclic amines) is 1. The second-order valence-corrected chi connectivity index (χ2v) is 6.53. The van der Waals surface area contributed by atoms with Gasteiger partial charge in [0.05, 0.1) is 0 Å². The molecule has 1 heterocycles. The van der Waals surface area contributed by atoms with E-state index in [1.54, 1.807) is 11.1 Å². The third-order valence-corrected chi connectivity index (χ3v) is 4.69. The van der Waals surface area contributed by atoms with Crippen LogP contribution >= 0.6 is 0 Å². The Balaban J connectivity index is 1.75. The molecule has 2 unspecified atom stereocenters. The van der Waals surface area contributed by atoms with Gasteiger partial charge in [0.1, 0.15) is 0 Å². The Hall–Kier alpha value is -1.08. The molecule has 1 saturated heterocycles. The van der Waals surface area contributed by atoms with E-state index in [2.05, 4.69) is 49.1 Å². The molecule has 2 aliphatic rings. The summed E-state index contributed by atoms with van der Waals surface area (Å²) < 4.78 is 0. The minimum atomic E-state index is 0.812. The standard InChI is InChI=1S/C18H25N/c1-14(2)7-9-19-10-8-17-12-15(13-19)11-16-5-3-4-6-18(16)17/h3-7,15,17H,8-13H2,1-2H3. The summed E-state index contributed by atoms with van der Waals surface area (Å²) in [4.78, 5) is 2.66. The summed E-state index contributed by atoms with van der Waals surface area (Å²) in [5.74, 6) is 1.68. The fourth-order valence-electron chi connectivity index (χ4n) is 3.73. The Labute approximate surface area is 117 Å². The lowest BCUT2D eigenvalue weighted by atomic mass is 9.76. The summed E-state index contributed by atoms with van der Waals surface area (Å²) in [6, 6.07) is 9.13. The van der Waals surface area contributed by atoms with Crippen molar-refractivity contribution in [2.75, 3.05) is 19.6 Å². The summed E-state index contributed by atoms with van der Waals surface area (Å²) in [6.45, 7) is 8.09. The first-order chi connectivity index (χ1) is 9.22. The predicted molar refractivity (Wildman–Crippen MR) is 81.5 cm³/mol. The van der Waals surface area contributed by atoms with Crippen molar-refractivity contribution in [3.63, 3.8) is 0 Å². The second kappa shape index (κ2) is 5.50. The molecule has 0 radical (unpaired) electrons. The maximum atomic E-state index is 2.66. The van der Waals surface area contributed by atoms with E-state index in [4.69, 9.17) is 0 Å². The number of allylic oxidation sites excluding steroid dienone is 1. The smallest absolute Gasteiger partial charge is 0.0165 e. The van der Waals surface area contributed by atoms with E-state index in [-0.39, 0.29) is 0 Å². The molecule has 102 valence electrons. The van der Waals surface area contributed by atoms with Crippen molar-refractivity contribution in [3.8, 4) is 0 Å². The van der Waals surface area contributed by atoms with Crippen molar-refractivity contribution in [2.24, 2.45) is 5.92 Å². The Kier molecular flexibility index (Phi) is 3.74. The minimum absolute atomic E-state index is 0.812. The van der Waals surface area contributed by atoms with Gasteiger partial charge >= 0.3 is 0 Å². The highest BCUT2D eigenvalue weighted by molar-refractivity contribution is 5.33. The van der Waals surface area contributed by atoms with Crippen LogP contribution < -0.4 is 0 Å². The molecular formula is C18H25N. The monoisotopic (exact) mass is 255 g/mol. The summed E-state index contributed by atoms with van der Waals surface area (Å²) in [5, 5.41) is 0. The van der Waals surface area contributed by atoms with Crippen LogP contribution in [0.15, 0.2) is 35.9 Å². The van der Waals surface area contributed by atoms with E-state index in [9.17, 15) is 0 Å². The fraction of sp³-hybridized carbons (Fsp3) is 0.556. The van der Waals surface area contributed by atoms with Gasteiger partial charge in [-0.1, -0.05) is 35.9 Å². The van der Waals surface area contributed by atoms with E-state index in [1.807, 2.05) is 0 Å². The molecule has 0 aromatic heterocycles. The molecule has 3 rings (SSSR count). The normalized spacial score (nSPS) is 26.4. The summed E-state index contributed by atoms with van der Waals surface area (Å²) in [5.41, 5.74) is 4.70. The number of hydrogen-bond donors (Lipinski definition) is 0. The molecule has 1 nitrogen and oxygen atoms in total. The SMILES string of the molecule is CC(C)=CCN1CCC2CC(Cc3ccccc32)C1. The third-order valence-electron chi connectivity index (χ3n) is 4.69. The molecule has 0 amide bonds. The van der Waals surface area contributed by atoms with Crippen molar-refractivity contribution in [1.29, 1.82) is 0 Å². The summed E-state index contributed by atoms with van der Waals surface area (Å²) in [7, 11) is 0. The number of benzene rings is 1. The van der Waals surface area contributed by atoms with Crippen LogP contribution in [0.2, 0.25) is 0 Å². The zero-order chi connectivity index (χ0) is 13.2. The quantitative estimate of drug-likeness (QED) is 0.722. The van der Waals surface area contributed by atoms with Crippen molar-refractivity contribution in [1.82, 2.24) is 4.90 Å². The molecule has 1 aromatic rings. The van der Waals surface area contributed by atoms with E-state index >= 15 is 0 Å². The van der Waals surface area contributed by atoms with Gasteiger partial charge in [-0.2, -0.15) is 0 Å². The lowest BCUT2D eigenvalue weighted by molar-refractivity contribution is 0.270. The van der Waals surface area contributed by atoms with Crippen molar-refractivity contribution < 1.29 is 0 Å². The molecule has 1 aliphatic heterocycles. The molecule has 1 fully saturated rings. The average molecular weight is 255 g/mol. The first-order valence-corrected chi connectivity index (χ1v) is 7.66. The third kappa shape index (κ3) is 2.92. The van der Waals surface area contributed by atoms with Gasteiger partial charge in [0, 0.05) is 13.1 Å². The minimum Gasteiger partial charge on any atom is -0.299 e. The molecular weight excluding hydrogens is 230 g/mol. The van der Waals surface area contributed by atoms with Gasteiger partial charge in [0.2, 0.25) is 0 Å². The summed E-state index contributed by atoms with van der Waals surface area (Å²) in [6.07, 6.45) is 6.41. The lowest BCUT2D eigenvalue weighted by Crippen LogP contribution is -2.29. The molecule has 2 atom stereocenters. The number of nitrogens with zero attached hydrogens (tertiary/aromatic N) is 1. The van der Waals surface area contributed by atoms with Crippen LogP contribution in [0.4, 0.5) is 0 Å². The largest absolute Gasteiger partial charge is 0.299 e. The zero-order valence-electron chi connectivity index (χ0n) is 12.2. The van der Waals surface area contributed by atoms with E-state index < -0.39 is 0 Å². The second-order valence-electron chi connectivity index (χ2n) is 6.53. The van der Waals surface area contributed by atoms with Crippen molar-refractivity contribution in [3.05, 3.63) is 47.0 Å². The average Bonchev–Trinajstić information content (AvgIpc) is 2.56. The first-order valence-electron chi connectivity index (χ1n) is 7.66. The molecule has 1 aromatic carbocycles. The van der Waals surface area contributed by atoms with Gasteiger partial charge in [-0.15, -0.1) is 0 Å². The van der Waals surface area contributed by atoms with Gasteiger partial charge in [0.15, 0.2) is 0 Å². The van der Waals surface area contributed by atoms with E-state index in [0.717, 1.165) is 18.4 Å². The van der Waals surface area contributed by atoms with Crippen molar-refractivity contribution >= 4 is 0 Å².